The second-order valence-electron chi connectivity index (χ2n) is 10.2. The summed E-state index contributed by atoms with van der Waals surface area (Å²) in [5.74, 6) is 0.362. The first-order valence-corrected chi connectivity index (χ1v) is 10.0. The Morgan fingerprint density at radius 1 is 1.00 bits per heavy atom. The van der Waals surface area contributed by atoms with Crippen LogP contribution in [0.1, 0.15) is 73.6 Å². The largest absolute Gasteiger partial charge is 0.354 e. The van der Waals surface area contributed by atoms with Crippen molar-refractivity contribution in [2.75, 3.05) is 13.1 Å². The molecular weight excluding hydrogens is 328 g/mol. The standard InChI is InChI=1S/C21H36N2O3/c1-20(2,3)15-9-7-14(8-10-15)18(25)22-11-12-23-17(24)13-16(19(23)26)21(4,5)6/h14-16H,7-13H2,1-6H3,(H,22,25). The van der Waals surface area contributed by atoms with Crippen molar-refractivity contribution in [3.05, 3.63) is 0 Å². The van der Waals surface area contributed by atoms with Crippen LogP contribution >= 0.6 is 0 Å². The van der Waals surface area contributed by atoms with Gasteiger partial charge in [-0.05, 0) is 42.4 Å². The number of carbonyl (C=O) groups excluding carboxylic acids is 3. The Balaban J connectivity index is 1.77. The number of carbonyl (C=O) groups is 3. The second kappa shape index (κ2) is 7.69. The zero-order chi connectivity index (χ0) is 19.7. The summed E-state index contributed by atoms with van der Waals surface area (Å²) in [5, 5.41) is 2.94. The van der Waals surface area contributed by atoms with Gasteiger partial charge in [0.15, 0.2) is 0 Å². The molecular formula is C21H36N2O3. The van der Waals surface area contributed by atoms with Crippen molar-refractivity contribution in [3.8, 4) is 0 Å². The van der Waals surface area contributed by atoms with E-state index in [1.807, 2.05) is 20.8 Å². The molecule has 0 aromatic rings. The van der Waals surface area contributed by atoms with Crippen LogP contribution < -0.4 is 5.32 Å². The summed E-state index contributed by atoms with van der Waals surface area (Å²) >= 11 is 0. The molecule has 0 radical (unpaired) electrons. The highest BCUT2D eigenvalue weighted by Crippen LogP contribution is 2.40. The third-order valence-electron chi connectivity index (χ3n) is 6.25. The van der Waals surface area contributed by atoms with Crippen LogP contribution in [0.15, 0.2) is 0 Å². The normalized spacial score (nSPS) is 27.8. The molecule has 2 rings (SSSR count). The lowest BCUT2D eigenvalue weighted by Crippen LogP contribution is -2.42. The van der Waals surface area contributed by atoms with Crippen LogP contribution in [0, 0.1) is 28.6 Å². The minimum Gasteiger partial charge on any atom is -0.354 e. The summed E-state index contributed by atoms with van der Waals surface area (Å²) < 4.78 is 0. The number of amides is 3. The van der Waals surface area contributed by atoms with E-state index in [-0.39, 0.29) is 47.9 Å². The molecule has 2 fully saturated rings. The number of nitrogens with zero attached hydrogens (tertiary/aromatic N) is 1. The van der Waals surface area contributed by atoms with Crippen LogP contribution in [0.5, 0.6) is 0 Å². The molecule has 1 N–H and O–H groups in total. The lowest BCUT2D eigenvalue weighted by molar-refractivity contribution is -0.140. The van der Waals surface area contributed by atoms with E-state index in [0.717, 1.165) is 25.7 Å². The van der Waals surface area contributed by atoms with Crippen molar-refractivity contribution >= 4 is 17.7 Å². The Hall–Kier alpha value is -1.39. The van der Waals surface area contributed by atoms with Gasteiger partial charge in [0, 0.05) is 25.4 Å². The Morgan fingerprint density at radius 3 is 2.04 bits per heavy atom. The molecule has 5 heteroatoms. The fraction of sp³-hybridized carbons (Fsp3) is 0.857. The second-order valence-corrected chi connectivity index (χ2v) is 10.2. The fourth-order valence-electron chi connectivity index (χ4n) is 4.25. The molecule has 2 aliphatic rings. The van der Waals surface area contributed by atoms with E-state index in [1.165, 1.54) is 4.90 Å². The number of nitrogens with one attached hydrogen (secondary N) is 1. The zero-order valence-corrected chi connectivity index (χ0v) is 17.4. The summed E-state index contributed by atoms with van der Waals surface area (Å²) in [4.78, 5) is 38.3. The Kier molecular flexibility index (Phi) is 6.19. The molecule has 1 unspecified atom stereocenters. The number of rotatable bonds is 4. The van der Waals surface area contributed by atoms with Crippen LogP contribution in [0.4, 0.5) is 0 Å². The molecule has 5 nitrogen and oxygen atoms in total. The van der Waals surface area contributed by atoms with E-state index in [9.17, 15) is 14.4 Å². The molecule has 1 atom stereocenters. The van der Waals surface area contributed by atoms with Crippen LogP contribution in [-0.4, -0.2) is 35.7 Å². The molecule has 1 aliphatic carbocycles. The molecule has 1 heterocycles. The highest BCUT2D eigenvalue weighted by molar-refractivity contribution is 6.03. The first-order valence-electron chi connectivity index (χ1n) is 10.0. The predicted octanol–water partition coefficient (Wildman–Crippen LogP) is 3.38. The van der Waals surface area contributed by atoms with Crippen molar-refractivity contribution in [2.24, 2.45) is 28.6 Å². The van der Waals surface area contributed by atoms with E-state index in [0.29, 0.717) is 17.9 Å². The quantitative estimate of drug-likeness (QED) is 0.778. The Labute approximate surface area is 158 Å². The number of imide groups is 1. The van der Waals surface area contributed by atoms with Crippen molar-refractivity contribution in [2.45, 2.75) is 73.6 Å². The SMILES string of the molecule is CC(C)(C)C1CCC(C(=O)NCCN2C(=O)CC(C(C)(C)C)C2=O)CC1. The molecule has 1 saturated carbocycles. The fourth-order valence-corrected chi connectivity index (χ4v) is 4.25. The lowest BCUT2D eigenvalue weighted by Gasteiger charge is -2.36. The third-order valence-corrected chi connectivity index (χ3v) is 6.25. The molecule has 1 saturated heterocycles. The Bertz CT molecular complexity index is 549. The van der Waals surface area contributed by atoms with Crippen molar-refractivity contribution in [3.63, 3.8) is 0 Å². The first-order chi connectivity index (χ1) is 11.9. The Morgan fingerprint density at radius 2 is 1.58 bits per heavy atom. The molecule has 0 aromatic carbocycles. The maximum Gasteiger partial charge on any atom is 0.233 e. The van der Waals surface area contributed by atoms with Gasteiger partial charge >= 0.3 is 0 Å². The summed E-state index contributed by atoms with van der Waals surface area (Å²) in [5.41, 5.74) is 0.0952. The van der Waals surface area contributed by atoms with Gasteiger partial charge in [0.1, 0.15) is 0 Å². The van der Waals surface area contributed by atoms with E-state index < -0.39 is 0 Å². The molecule has 3 amide bonds. The van der Waals surface area contributed by atoms with Gasteiger partial charge in [0.2, 0.25) is 17.7 Å². The van der Waals surface area contributed by atoms with Gasteiger partial charge in [-0.1, -0.05) is 41.5 Å². The maximum atomic E-state index is 12.5. The molecule has 0 aromatic heterocycles. The average molecular weight is 365 g/mol. The number of hydrogen-bond acceptors (Lipinski definition) is 3. The van der Waals surface area contributed by atoms with Crippen molar-refractivity contribution in [1.29, 1.82) is 0 Å². The summed E-state index contributed by atoms with van der Waals surface area (Å²) in [7, 11) is 0. The van der Waals surface area contributed by atoms with E-state index in [2.05, 4.69) is 26.1 Å². The number of hydrogen-bond donors (Lipinski definition) is 1. The van der Waals surface area contributed by atoms with Gasteiger partial charge in [0.05, 0.1) is 5.92 Å². The summed E-state index contributed by atoms with van der Waals surface area (Å²) in [6, 6.07) is 0. The van der Waals surface area contributed by atoms with Crippen LogP contribution in [0.25, 0.3) is 0 Å². The highest BCUT2D eigenvalue weighted by Gasteiger charge is 2.44. The number of likely N-dealkylation sites (tertiary alicyclic amines) is 1. The monoisotopic (exact) mass is 364 g/mol. The van der Waals surface area contributed by atoms with Gasteiger partial charge in [-0.2, -0.15) is 0 Å². The average Bonchev–Trinajstić information content (AvgIpc) is 2.82. The van der Waals surface area contributed by atoms with Gasteiger partial charge in [-0.3, -0.25) is 19.3 Å². The minimum atomic E-state index is -0.252. The van der Waals surface area contributed by atoms with E-state index >= 15 is 0 Å². The topological polar surface area (TPSA) is 66.5 Å². The van der Waals surface area contributed by atoms with Crippen LogP contribution in [-0.2, 0) is 14.4 Å². The molecule has 0 spiro atoms. The summed E-state index contributed by atoms with van der Waals surface area (Å²) in [6.45, 7) is 13.4. The van der Waals surface area contributed by atoms with E-state index in [1.54, 1.807) is 0 Å². The molecule has 148 valence electrons. The van der Waals surface area contributed by atoms with Crippen LogP contribution in [0.2, 0.25) is 0 Å². The van der Waals surface area contributed by atoms with E-state index in [4.69, 9.17) is 0 Å². The molecule has 0 bridgehead atoms. The summed E-state index contributed by atoms with van der Waals surface area (Å²) in [6.07, 6.45) is 4.34. The van der Waals surface area contributed by atoms with Crippen molar-refractivity contribution in [1.82, 2.24) is 10.2 Å². The van der Waals surface area contributed by atoms with Crippen LogP contribution in [0.3, 0.4) is 0 Å². The third kappa shape index (κ3) is 4.86. The van der Waals surface area contributed by atoms with Gasteiger partial charge in [-0.25, -0.2) is 0 Å². The lowest BCUT2D eigenvalue weighted by atomic mass is 9.70. The first kappa shape index (κ1) is 20.9. The highest BCUT2D eigenvalue weighted by atomic mass is 16.2. The van der Waals surface area contributed by atoms with Gasteiger partial charge in [0.25, 0.3) is 0 Å². The van der Waals surface area contributed by atoms with Gasteiger partial charge < -0.3 is 5.32 Å². The smallest absolute Gasteiger partial charge is 0.233 e. The zero-order valence-electron chi connectivity index (χ0n) is 17.4. The molecule has 26 heavy (non-hydrogen) atoms. The van der Waals surface area contributed by atoms with Gasteiger partial charge in [-0.15, -0.1) is 0 Å². The van der Waals surface area contributed by atoms with Crippen molar-refractivity contribution < 1.29 is 14.4 Å². The molecule has 1 aliphatic heterocycles. The minimum absolute atomic E-state index is 0.0703. The maximum absolute atomic E-state index is 12.5. The predicted molar refractivity (Wildman–Crippen MR) is 102 cm³/mol.